The third-order valence-corrected chi connectivity index (χ3v) is 5.20. The van der Waals surface area contributed by atoms with E-state index in [9.17, 15) is 4.79 Å². The fourth-order valence-corrected chi connectivity index (χ4v) is 3.95. The largest absolute Gasteiger partial charge is 0.373 e. The van der Waals surface area contributed by atoms with Crippen LogP contribution in [0.15, 0.2) is 35.2 Å². The van der Waals surface area contributed by atoms with Crippen LogP contribution in [0.2, 0.25) is 0 Å². The summed E-state index contributed by atoms with van der Waals surface area (Å²) in [7, 11) is 0. The van der Waals surface area contributed by atoms with Gasteiger partial charge in [-0.2, -0.15) is 0 Å². The van der Waals surface area contributed by atoms with Crippen molar-refractivity contribution in [3.05, 3.63) is 30.3 Å². The number of hydrogen-bond donors (Lipinski definition) is 1. The van der Waals surface area contributed by atoms with E-state index in [1.165, 1.54) is 4.90 Å². The standard InChI is InChI=1S/C17H23NO3S/c19-17(8-11-22-14-4-2-1-3-5-14)18-13-6-7-15-16(12-13)21-10-9-20-15/h1-5,13,15-16H,6-12H2,(H,18,19)/t13-,15+,16+/m1/s1. The molecule has 22 heavy (non-hydrogen) atoms. The van der Waals surface area contributed by atoms with Crippen molar-refractivity contribution in [3.63, 3.8) is 0 Å². The van der Waals surface area contributed by atoms with Gasteiger partial charge in [-0.25, -0.2) is 0 Å². The van der Waals surface area contributed by atoms with Crippen molar-refractivity contribution in [2.45, 2.75) is 48.8 Å². The second kappa shape index (κ2) is 7.99. The van der Waals surface area contributed by atoms with E-state index in [2.05, 4.69) is 17.4 Å². The van der Waals surface area contributed by atoms with Gasteiger partial charge in [0.25, 0.3) is 0 Å². The summed E-state index contributed by atoms with van der Waals surface area (Å²) in [5.74, 6) is 0.956. The topological polar surface area (TPSA) is 47.6 Å². The highest BCUT2D eigenvalue weighted by molar-refractivity contribution is 7.99. The Kier molecular flexibility index (Phi) is 5.76. The zero-order valence-corrected chi connectivity index (χ0v) is 13.5. The molecule has 3 rings (SSSR count). The van der Waals surface area contributed by atoms with Gasteiger partial charge in [0.2, 0.25) is 5.91 Å². The molecule has 1 aromatic rings. The van der Waals surface area contributed by atoms with Gasteiger partial charge in [0.05, 0.1) is 25.4 Å². The molecule has 0 unspecified atom stereocenters. The van der Waals surface area contributed by atoms with E-state index < -0.39 is 0 Å². The molecule has 0 spiro atoms. The van der Waals surface area contributed by atoms with Gasteiger partial charge in [-0.15, -0.1) is 11.8 Å². The zero-order chi connectivity index (χ0) is 15.2. The summed E-state index contributed by atoms with van der Waals surface area (Å²) in [4.78, 5) is 13.3. The van der Waals surface area contributed by atoms with E-state index in [1.54, 1.807) is 11.8 Å². The second-order valence-corrected chi connectivity index (χ2v) is 6.98. The molecular formula is C17H23NO3S. The molecule has 1 saturated heterocycles. The van der Waals surface area contributed by atoms with Crippen LogP contribution in [0.3, 0.4) is 0 Å². The van der Waals surface area contributed by atoms with Gasteiger partial charge in [0.1, 0.15) is 0 Å². The lowest BCUT2D eigenvalue weighted by atomic mass is 9.89. The first-order valence-electron chi connectivity index (χ1n) is 8.01. The number of amides is 1. The fraction of sp³-hybridized carbons (Fsp3) is 0.588. The summed E-state index contributed by atoms with van der Waals surface area (Å²) in [5.41, 5.74) is 0. The number of fused-ring (bicyclic) bond motifs is 1. The van der Waals surface area contributed by atoms with Crippen molar-refractivity contribution < 1.29 is 14.3 Å². The van der Waals surface area contributed by atoms with Crippen LogP contribution < -0.4 is 5.32 Å². The van der Waals surface area contributed by atoms with Crippen molar-refractivity contribution >= 4 is 17.7 Å². The lowest BCUT2D eigenvalue weighted by Crippen LogP contribution is -2.49. The van der Waals surface area contributed by atoms with Gasteiger partial charge in [0.15, 0.2) is 0 Å². The maximum Gasteiger partial charge on any atom is 0.221 e. The molecule has 0 radical (unpaired) electrons. The third kappa shape index (κ3) is 4.48. The number of carbonyl (C=O) groups excluding carboxylic acids is 1. The van der Waals surface area contributed by atoms with Crippen LogP contribution >= 0.6 is 11.8 Å². The Morgan fingerprint density at radius 2 is 1.91 bits per heavy atom. The summed E-state index contributed by atoms with van der Waals surface area (Å²) in [6.45, 7) is 1.38. The Balaban J connectivity index is 1.37. The highest BCUT2D eigenvalue weighted by Gasteiger charge is 2.34. The molecule has 0 bridgehead atoms. The lowest BCUT2D eigenvalue weighted by Gasteiger charge is -2.39. The van der Waals surface area contributed by atoms with Crippen molar-refractivity contribution in [2.24, 2.45) is 0 Å². The molecule has 1 amide bonds. The maximum absolute atomic E-state index is 12.1. The minimum Gasteiger partial charge on any atom is -0.373 e. The van der Waals surface area contributed by atoms with Crippen molar-refractivity contribution in [1.82, 2.24) is 5.32 Å². The quantitative estimate of drug-likeness (QED) is 0.847. The molecule has 1 heterocycles. The molecule has 1 aliphatic carbocycles. The molecule has 0 aromatic heterocycles. The highest BCUT2D eigenvalue weighted by atomic mass is 32.2. The molecule has 1 N–H and O–H groups in total. The Morgan fingerprint density at radius 3 is 2.73 bits per heavy atom. The Morgan fingerprint density at radius 1 is 1.14 bits per heavy atom. The van der Waals surface area contributed by atoms with Crippen molar-refractivity contribution in [3.8, 4) is 0 Å². The van der Waals surface area contributed by atoms with Crippen molar-refractivity contribution in [2.75, 3.05) is 19.0 Å². The van der Waals surface area contributed by atoms with Crippen LogP contribution in [-0.2, 0) is 14.3 Å². The van der Waals surface area contributed by atoms with Crippen molar-refractivity contribution in [1.29, 1.82) is 0 Å². The van der Waals surface area contributed by atoms with Crippen LogP contribution in [0.4, 0.5) is 0 Å². The van der Waals surface area contributed by atoms with E-state index in [4.69, 9.17) is 9.47 Å². The number of carbonyl (C=O) groups is 1. The summed E-state index contributed by atoms with van der Waals surface area (Å²) < 4.78 is 11.5. The molecule has 1 saturated carbocycles. The minimum atomic E-state index is 0.142. The minimum absolute atomic E-state index is 0.142. The predicted molar refractivity (Wildman–Crippen MR) is 87.0 cm³/mol. The van der Waals surface area contributed by atoms with Crippen LogP contribution in [0.25, 0.3) is 0 Å². The molecule has 1 aliphatic heterocycles. The monoisotopic (exact) mass is 321 g/mol. The lowest BCUT2D eigenvalue weighted by molar-refractivity contribution is -0.158. The number of thioether (sulfide) groups is 1. The third-order valence-electron chi connectivity index (χ3n) is 4.18. The number of rotatable bonds is 5. The van der Waals surface area contributed by atoms with E-state index in [0.29, 0.717) is 19.6 Å². The van der Waals surface area contributed by atoms with Gasteiger partial charge in [-0.1, -0.05) is 18.2 Å². The first-order chi connectivity index (χ1) is 10.8. The molecule has 2 fully saturated rings. The number of ether oxygens (including phenoxy) is 2. The van der Waals surface area contributed by atoms with Gasteiger partial charge in [0, 0.05) is 23.1 Å². The first-order valence-corrected chi connectivity index (χ1v) is 9.00. The Bertz CT molecular complexity index is 482. The number of benzene rings is 1. The zero-order valence-electron chi connectivity index (χ0n) is 12.7. The molecule has 120 valence electrons. The maximum atomic E-state index is 12.1. The average molecular weight is 321 g/mol. The highest BCUT2D eigenvalue weighted by Crippen LogP contribution is 2.27. The number of hydrogen-bond acceptors (Lipinski definition) is 4. The molecule has 3 atom stereocenters. The first kappa shape index (κ1) is 15.8. The molecular weight excluding hydrogens is 298 g/mol. The summed E-state index contributed by atoms with van der Waals surface area (Å²) >= 11 is 1.72. The van der Waals surface area contributed by atoms with E-state index in [0.717, 1.165) is 25.0 Å². The predicted octanol–water partition coefficient (Wildman–Crippen LogP) is 2.62. The smallest absolute Gasteiger partial charge is 0.221 e. The Labute approximate surface area is 135 Å². The second-order valence-electron chi connectivity index (χ2n) is 5.81. The van der Waals surface area contributed by atoms with Gasteiger partial charge >= 0.3 is 0 Å². The van der Waals surface area contributed by atoms with E-state index in [-0.39, 0.29) is 24.2 Å². The van der Waals surface area contributed by atoms with Crippen LogP contribution in [0.1, 0.15) is 25.7 Å². The Hall–Kier alpha value is -1.04. The van der Waals surface area contributed by atoms with Gasteiger partial charge < -0.3 is 14.8 Å². The summed E-state index contributed by atoms with van der Waals surface area (Å²) in [6.07, 6.45) is 3.79. The van der Waals surface area contributed by atoms with Crippen LogP contribution in [0, 0.1) is 0 Å². The SMILES string of the molecule is O=C(CCSc1ccccc1)N[C@@H]1CC[C@@H]2OCCO[C@H]2C1. The average Bonchev–Trinajstić information content (AvgIpc) is 2.56. The molecule has 2 aliphatic rings. The van der Waals surface area contributed by atoms with Gasteiger partial charge in [-0.05, 0) is 31.4 Å². The summed E-state index contributed by atoms with van der Waals surface area (Å²) in [6, 6.07) is 10.4. The molecule has 5 heteroatoms. The molecule has 4 nitrogen and oxygen atoms in total. The molecule has 1 aromatic carbocycles. The number of nitrogens with one attached hydrogen (secondary N) is 1. The fourth-order valence-electron chi connectivity index (χ4n) is 3.08. The van der Waals surface area contributed by atoms with E-state index in [1.807, 2.05) is 18.2 Å². The summed E-state index contributed by atoms with van der Waals surface area (Å²) in [5, 5.41) is 3.15. The van der Waals surface area contributed by atoms with E-state index >= 15 is 0 Å². The normalized spacial score (nSPS) is 27.9. The van der Waals surface area contributed by atoms with Crippen LogP contribution in [0.5, 0.6) is 0 Å². The van der Waals surface area contributed by atoms with Gasteiger partial charge in [-0.3, -0.25) is 4.79 Å². The van der Waals surface area contributed by atoms with Crippen LogP contribution in [-0.4, -0.2) is 43.1 Å².